The highest BCUT2D eigenvalue weighted by Gasteiger charge is 2.35. The van der Waals surface area contributed by atoms with Crippen molar-refractivity contribution in [3.63, 3.8) is 0 Å². The summed E-state index contributed by atoms with van der Waals surface area (Å²) in [5, 5.41) is 0.390. The third kappa shape index (κ3) is 5.12. The van der Waals surface area contributed by atoms with Crippen molar-refractivity contribution >= 4 is 58.2 Å². The Hall–Kier alpha value is -2.48. The Morgan fingerprint density at radius 3 is 2.38 bits per heavy atom. The summed E-state index contributed by atoms with van der Waals surface area (Å²) < 4.78 is 9.78. The molecule has 0 atom stereocenters. The van der Waals surface area contributed by atoms with Crippen LogP contribution in [0.25, 0.3) is 6.08 Å². The van der Waals surface area contributed by atoms with Crippen LogP contribution in [0.4, 0.5) is 4.79 Å². The van der Waals surface area contributed by atoms with Crippen molar-refractivity contribution in [2.45, 2.75) is 6.54 Å². The van der Waals surface area contributed by atoms with E-state index in [9.17, 15) is 14.4 Å². The monoisotopic (exact) mass is 451 g/mol. The van der Waals surface area contributed by atoms with Crippen molar-refractivity contribution in [2.24, 2.45) is 0 Å². The normalized spacial score (nSPS) is 15.1. The highest BCUT2D eigenvalue weighted by atomic mass is 35.5. The van der Waals surface area contributed by atoms with Crippen molar-refractivity contribution in [1.82, 2.24) is 4.90 Å². The molecular formula is C20H15Cl2NO5S. The van der Waals surface area contributed by atoms with Gasteiger partial charge in [-0.25, -0.2) is 4.79 Å². The van der Waals surface area contributed by atoms with E-state index >= 15 is 0 Å². The third-order valence-electron chi connectivity index (χ3n) is 4.01. The maximum absolute atomic E-state index is 12.7. The first-order chi connectivity index (χ1) is 13.9. The Morgan fingerprint density at radius 1 is 1.10 bits per heavy atom. The van der Waals surface area contributed by atoms with E-state index < -0.39 is 17.1 Å². The van der Waals surface area contributed by atoms with Crippen LogP contribution in [0.2, 0.25) is 10.0 Å². The van der Waals surface area contributed by atoms with Crippen molar-refractivity contribution in [3.05, 3.63) is 68.5 Å². The summed E-state index contributed by atoms with van der Waals surface area (Å²) in [7, 11) is 1.28. The number of imide groups is 1. The molecule has 1 saturated heterocycles. The summed E-state index contributed by atoms with van der Waals surface area (Å²) in [6, 6.07) is 11.7. The van der Waals surface area contributed by atoms with Gasteiger partial charge in [0.15, 0.2) is 6.61 Å². The Labute approximate surface area is 181 Å². The van der Waals surface area contributed by atoms with E-state index in [0.717, 1.165) is 16.7 Å². The minimum Gasteiger partial charge on any atom is -0.482 e. The van der Waals surface area contributed by atoms with Crippen LogP contribution in [0.1, 0.15) is 11.1 Å². The number of carbonyl (C=O) groups is 3. The topological polar surface area (TPSA) is 72.9 Å². The zero-order chi connectivity index (χ0) is 21.0. The number of methoxy groups -OCH3 is 1. The SMILES string of the molecule is COC(=O)COc1ccc(/C=C2\SC(=O)N(Cc3c(Cl)cccc3Cl)C2=O)cc1. The van der Waals surface area contributed by atoms with Gasteiger partial charge in [0.2, 0.25) is 0 Å². The zero-order valence-corrected chi connectivity index (χ0v) is 17.5. The van der Waals surface area contributed by atoms with Crippen LogP contribution in [-0.4, -0.2) is 35.7 Å². The highest BCUT2D eigenvalue weighted by Crippen LogP contribution is 2.35. The van der Waals surface area contributed by atoms with Crippen LogP contribution in [-0.2, 0) is 20.9 Å². The molecule has 0 saturated carbocycles. The predicted molar refractivity (Wildman–Crippen MR) is 112 cm³/mol. The number of benzene rings is 2. The number of ether oxygens (including phenoxy) is 2. The largest absolute Gasteiger partial charge is 0.482 e. The van der Waals surface area contributed by atoms with Crippen molar-refractivity contribution < 1.29 is 23.9 Å². The van der Waals surface area contributed by atoms with Gasteiger partial charge in [0.1, 0.15) is 5.75 Å². The molecule has 1 aliphatic heterocycles. The first-order valence-electron chi connectivity index (χ1n) is 8.37. The molecular weight excluding hydrogens is 437 g/mol. The zero-order valence-electron chi connectivity index (χ0n) is 15.2. The van der Waals surface area contributed by atoms with Gasteiger partial charge in [-0.2, -0.15) is 0 Å². The smallest absolute Gasteiger partial charge is 0.343 e. The van der Waals surface area contributed by atoms with Crippen molar-refractivity contribution in [1.29, 1.82) is 0 Å². The molecule has 0 radical (unpaired) electrons. The second-order valence-electron chi connectivity index (χ2n) is 5.90. The quantitative estimate of drug-likeness (QED) is 0.464. The van der Waals surface area contributed by atoms with Crippen LogP contribution < -0.4 is 4.74 Å². The minimum absolute atomic E-state index is 0.000813. The van der Waals surface area contributed by atoms with E-state index in [1.54, 1.807) is 48.5 Å². The number of rotatable bonds is 6. The molecule has 0 unspecified atom stereocenters. The lowest BCUT2D eigenvalue weighted by Crippen LogP contribution is -2.27. The van der Waals surface area contributed by atoms with Gasteiger partial charge in [-0.05, 0) is 47.7 Å². The third-order valence-corrected chi connectivity index (χ3v) is 5.63. The lowest BCUT2D eigenvalue weighted by atomic mass is 10.2. The first-order valence-corrected chi connectivity index (χ1v) is 9.94. The van der Waals surface area contributed by atoms with Gasteiger partial charge in [0.25, 0.3) is 11.1 Å². The van der Waals surface area contributed by atoms with Crippen molar-refractivity contribution in [2.75, 3.05) is 13.7 Å². The van der Waals surface area contributed by atoms with Crippen LogP contribution >= 0.6 is 35.0 Å². The Balaban J connectivity index is 1.72. The average Bonchev–Trinajstić information content (AvgIpc) is 2.97. The molecule has 0 bridgehead atoms. The molecule has 150 valence electrons. The molecule has 9 heteroatoms. The molecule has 2 aromatic rings. The fraction of sp³-hybridized carbons (Fsp3) is 0.150. The molecule has 6 nitrogen and oxygen atoms in total. The standard InChI is InChI=1S/C20H15Cl2NO5S/c1-27-18(24)11-28-13-7-5-12(6-8-13)9-17-19(25)23(20(26)29-17)10-14-15(21)3-2-4-16(14)22/h2-9H,10-11H2,1H3/b17-9-. The summed E-state index contributed by atoms with van der Waals surface area (Å²) in [5.74, 6) is -0.419. The Morgan fingerprint density at radius 2 is 1.76 bits per heavy atom. The maximum atomic E-state index is 12.7. The van der Waals surface area contributed by atoms with Crippen LogP contribution in [0.3, 0.4) is 0 Å². The van der Waals surface area contributed by atoms with Gasteiger partial charge < -0.3 is 9.47 Å². The van der Waals surface area contributed by atoms with E-state index in [0.29, 0.717) is 31.8 Å². The number of halogens is 2. The number of hydrogen-bond acceptors (Lipinski definition) is 6. The summed E-state index contributed by atoms with van der Waals surface area (Å²) in [4.78, 5) is 37.5. The van der Waals surface area contributed by atoms with E-state index in [4.69, 9.17) is 27.9 Å². The average molecular weight is 452 g/mol. The molecule has 29 heavy (non-hydrogen) atoms. The summed E-state index contributed by atoms with van der Waals surface area (Å²) in [6.45, 7) is -0.194. The van der Waals surface area contributed by atoms with Crippen molar-refractivity contribution in [3.8, 4) is 5.75 Å². The van der Waals surface area contributed by atoms with Gasteiger partial charge in [0, 0.05) is 15.6 Å². The molecule has 1 fully saturated rings. The van der Waals surface area contributed by atoms with Gasteiger partial charge >= 0.3 is 5.97 Å². The second-order valence-corrected chi connectivity index (χ2v) is 7.71. The molecule has 0 N–H and O–H groups in total. The molecule has 2 aromatic carbocycles. The minimum atomic E-state index is -0.485. The number of nitrogens with zero attached hydrogens (tertiary/aromatic N) is 1. The molecule has 0 aromatic heterocycles. The van der Waals surface area contributed by atoms with E-state index in [-0.39, 0.29) is 13.2 Å². The van der Waals surface area contributed by atoms with Gasteiger partial charge in [-0.15, -0.1) is 0 Å². The van der Waals surface area contributed by atoms with Gasteiger partial charge in [0.05, 0.1) is 18.6 Å². The van der Waals surface area contributed by atoms with E-state index in [1.165, 1.54) is 7.11 Å². The number of carbonyl (C=O) groups excluding carboxylic acids is 3. The van der Waals surface area contributed by atoms with Crippen LogP contribution in [0.5, 0.6) is 5.75 Å². The fourth-order valence-corrected chi connectivity index (χ4v) is 3.85. The van der Waals surface area contributed by atoms with Gasteiger partial charge in [-0.1, -0.05) is 41.4 Å². The van der Waals surface area contributed by atoms with Crippen LogP contribution in [0.15, 0.2) is 47.4 Å². The molecule has 1 aliphatic rings. The summed E-state index contributed by atoms with van der Waals surface area (Å²) >= 11 is 13.1. The Kier molecular flexibility index (Phi) is 6.84. The highest BCUT2D eigenvalue weighted by molar-refractivity contribution is 8.18. The second kappa shape index (κ2) is 9.35. The number of esters is 1. The van der Waals surface area contributed by atoms with E-state index in [1.807, 2.05) is 0 Å². The molecule has 3 rings (SSSR count). The maximum Gasteiger partial charge on any atom is 0.343 e. The lowest BCUT2D eigenvalue weighted by molar-refractivity contribution is -0.142. The Bertz CT molecular complexity index is 971. The summed E-state index contributed by atoms with van der Waals surface area (Å²) in [6.07, 6.45) is 1.61. The number of thioether (sulfide) groups is 1. The molecule has 1 heterocycles. The molecule has 0 spiro atoms. The summed E-state index contributed by atoms with van der Waals surface area (Å²) in [5.41, 5.74) is 1.23. The molecule has 2 amide bonds. The van der Waals surface area contributed by atoms with E-state index in [2.05, 4.69) is 4.74 Å². The molecule has 0 aliphatic carbocycles. The first kappa shape index (κ1) is 21.2. The van der Waals surface area contributed by atoms with Gasteiger partial charge in [-0.3, -0.25) is 14.5 Å². The number of amides is 2. The van der Waals surface area contributed by atoms with Crippen LogP contribution in [0, 0.1) is 0 Å². The lowest BCUT2D eigenvalue weighted by Gasteiger charge is -2.14. The predicted octanol–water partition coefficient (Wildman–Crippen LogP) is 4.78. The number of hydrogen-bond donors (Lipinski definition) is 0. The fourth-order valence-electron chi connectivity index (χ4n) is 2.49.